The van der Waals surface area contributed by atoms with Crippen molar-refractivity contribution < 1.29 is 28.9 Å². The van der Waals surface area contributed by atoms with Gasteiger partial charge in [0.15, 0.2) is 6.04 Å². The molecule has 1 aromatic carbocycles. The third kappa shape index (κ3) is 3.36. The van der Waals surface area contributed by atoms with Gasteiger partial charge in [0.1, 0.15) is 17.2 Å². The first-order valence-electron chi connectivity index (χ1n) is 6.13. The van der Waals surface area contributed by atoms with E-state index in [1.165, 1.54) is 35.3 Å². The van der Waals surface area contributed by atoms with E-state index >= 15 is 0 Å². The maximum atomic E-state index is 11.6. The maximum absolute atomic E-state index is 11.6. The molecule has 0 fully saturated rings. The van der Waals surface area contributed by atoms with Crippen LogP contribution in [0.1, 0.15) is 18.5 Å². The molecule has 0 saturated heterocycles. The number of hydrogen-bond donors (Lipinski definition) is 1. The average Bonchev–Trinajstić information content (AvgIpc) is 2.46. The molecule has 1 amide bonds. The summed E-state index contributed by atoms with van der Waals surface area (Å²) in [6.07, 6.45) is 0. The number of carbonyl (C=O) groups is 2. The third-order valence-electron chi connectivity index (χ3n) is 3.14. The second kappa shape index (κ2) is 6.83. The number of carbonyl (C=O) groups excluding carboxylic acids is 1. The first-order chi connectivity index (χ1) is 9.87. The largest absolute Gasteiger partial charge is 0.496 e. The van der Waals surface area contributed by atoms with Crippen molar-refractivity contribution in [3.8, 4) is 17.2 Å². The zero-order valence-electron chi connectivity index (χ0n) is 12.7. The van der Waals surface area contributed by atoms with E-state index in [4.69, 9.17) is 14.2 Å². The van der Waals surface area contributed by atoms with Crippen molar-refractivity contribution in [1.29, 1.82) is 0 Å². The van der Waals surface area contributed by atoms with Gasteiger partial charge in [-0.25, -0.2) is 4.79 Å². The third-order valence-corrected chi connectivity index (χ3v) is 3.14. The number of carboxylic acid groups (broad SMARTS) is 1. The molecule has 0 heterocycles. The summed E-state index contributed by atoms with van der Waals surface area (Å²) in [5.41, 5.74) is 0.256. The van der Waals surface area contributed by atoms with Crippen molar-refractivity contribution in [2.75, 3.05) is 28.4 Å². The second-order valence-corrected chi connectivity index (χ2v) is 4.32. The predicted molar refractivity (Wildman–Crippen MR) is 74.9 cm³/mol. The van der Waals surface area contributed by atoms with E-state index in [-0.39, 0.29) is 23.0 Å². The monoisotopic (exact) mass is 297 g/mol. The Kier molecular flexibility index (Phi) is 5.40. The van der Waals surface area contributed by atoms with Crippen LogP contribution in [0, 0.1) is 0 Å². The van der Waals surface area contributed by atoms with Gasteiger partial charge in [0.25, 0.3) is 0 Å². The number of aliphatic carboxylic acids is 1. The Hall–Kier alpha value is -2.44. The van der Waals surface area contributed by atoms with Crippen LogP contribution in [0.4, 0.5) is 0 Å². The van der Waals surface area contributed by atoms with E-state index in [0.717, 1.165) is 4.90 Å². The maximum Gasteiger partial charge on any atom is 0.331 e. The minimum Gasteiger partial charge on any atom is -0.496 e. The van der Waals surface area contributed by atoms with E-state index in [1.54, 1.807) is 12.1 Å². The first kappa shape index (κ1) is 16.6. The molecule has 0 aromatic heterocycles. The Morgan fingerprint density at radius 2 is 1.57 bits per heavy atom. The number of benzene rings is 1. The van der Waals surface area contributed by atoms with Gasteiger partial charge in [0.05, 0.1) is 26.9 Å². The Balaban J connectivity index is 3.56. The van der Waals surface area contributed by atoms with Gasteiger partial charge in [-0.3, -0.25) is 4.79 Å². The van der Waals surface area contributed by atoms with Gasteiger partial charge in [-0.1, -0.05) is 0 Å². The zero-order valence-corrected chi connectivity index (χ0v) is 12.7. The molecular weight excluding hydrogens is 278 g/mol. The molecule has 7 heteroatoms. The van der Waals surface area contributed by atoms with Crippen LogP contribution in [-0.2, 0) is 9.59 Å². The fraction of sp³-hybridized carbons (Fsp3) is 0.429. The lowest BCUT2D eigenvalue weighted by molar-refractivity contribution is -0.148. The summed E-state index contributed by atoms with van der Waals surface area (Å²) in [6, 6.07) is 1.86. The van der Waals surface area contributed by atoms with E-state index < -0.39 is 12.0 Å². The summed E-state index contributed by atoms with van der Waals surface area (Å²) in [5.74, 6) is -0.572. The SMILES string of the molecule is COc1cc(OC)c(C(C(=O)O)N(C)C(C)=O)c(OC)c1. The Morgan fingerprint density at radius 1 is 1.10 bits per heavy atom. The van der Waals surface area contributed by atoms with E-state index in [0.29, 0.717) is 5.75 Å². The quantitative estimate of drug-likeness (QED) is 0.852. The van der Waals surface area contributed by atoms with Gasteiger partial charge in [0.2, 0.25) is 5.91 Å². The molecular formula is C14H19NO6. The second-order valence-electron chi connectivity index (χ2n) is 4.32. The Morgan fingerprint density at radius 3 is 1.86 bits per heavy atom. The number of hydrogen-bond acceptors (Lipinski definition) is 5. The number of amides is 1. The van der Waals surface area contributed by atoms with Crippen LogP contribution in [0.3, 0.4) is 0 Å². The van der Waals surface area contributed by atoms with Crippen molar-refractivity contribution in [3.05, 3.63) is 17.7 Å². The lowest BCUT2D eigenvalue weighted by atomic mass is 10.0. The van der Waals surface area contributed by atoms with E-state index in [9.17, 15) is 14.7 Å². The predicted octanol–water partition coefficient (Wildman–Crippen LogP) is 1.32. The number of nitrogens with zero attached hydrogens (tertiary/aromatic N) is 1. The van der Waals surface area contributed by atoms with Crippen LogP contribution < -0.4 is 14.2 Å². The van der Waals surface area contributed by atoms with Crippen molar-refractivity contribution in [2.24, 2.45) is 0 Å². The molecule has 0 radical (unpaired) electrons. The summed E-state index contributed by atoms with van der Waals surface area (Å²) < 4.78 is 15.6. The summed E-state index contributed by atoms with van der Waals surface area (Å²) in [5, 5.41) is 9.48. The first-order valence-corrected chi connectivity index (χ1v) is 6.13. The van der Waals surface area contributed by atoms with Crippen molar-refractivity contribution >= 4 is 11.9 Å². The topological polar surface area (TPSA) is 85.3 Å². The molecule has 0 aliphatic rings. The highest BCUT2D eigenvalue weighted by Gasteiger charge is 2.33. The molecule has 1 N–H and O–H groups in total. The smallest absolute Gasteiger partial charge is 0.331 e. The number of methoxy groups -OCH3 is 3. The van der Waals surface area contributed by atoms with Gasteiger partial charge in [-0.05, 0) is 0 Å². The fourth-order valence-corrected chi connectivity index (χ4v) is 1.97. The number of ether oxygens (including phenoxy) is 3. The number of rotatable bonds is 6. The normalized spacial score (nSPS) is 11.5. The summed E-state index contributed by atoms with van der Waals surface area (Å²) in [4.78, 5) is 24.2. The molecule has 0 spiro atoms. The van der Waals surface area contributed by atoms with Crippen LogP contribution in [0.2, 0.25) is 0 Å². The van der Waals surface area contributed by atoms with E-state index in [1.807, 2.05) is 0 Å². The van der Waals surface area contributed by atoms with Crippen molar-refractivity contribution in [3.63, 3.8) is 0 Å². The Bertz CT molecular complexity index is 517. The molecule has 1 unspecified atom stereocenters. The molecule has 21 heavy (non-hydrogen) atoms. The average molecular weight is 297 g/mol. The number of carboxylic acids is 1. The molecule has 0 aliphatic heterocycles. The lowest BCUT2D eigenvalue weighted by Gasteiger charge is -2.27. The lowest BCUT2D eigenvalue weighted by Crippen LogP contribution is -2.34. The minimum atomic E-state index is -1.22. The van der Waals surface area contributed by atoms with Crippen LogP contribution in [0.15, 0.2) is 12.1 Å². The highest BCUT2D eigenvalue weighted by Crippen LogP contribution is 2.40. The summed E-state index contributed by atoms with van der Waals surface area (Å²) in [6.45, 7) is 1.29. The van der Waals surface area contributed by atoms with Crippen LogP contribution in [-0.4, -0.2) is 50.3 Å². The number of likely N-dealkylation sites (N-methyl/N-ethyl adjacent to an activating group) is 1. The van der Waals surface area contributed by atoms with Crippen LogP contribution in [0.25, 0.3) is 0 Å². The van der Waals surface area contributed by atoms with Gasteiger partial charge in [-0.2, -0.15) is 0 Å². The molecule has 1 rings (SSSR count). The fourth-order valence-electron chi connectivity index (χ4n) is 1.97. The molecule has 7 nitrogen and oxygen atoms in total. The van der Waals surface area contributed by atoms with Crippen LogP contribution in [0.5, 0.6) is 17.2 Å². The highest BCUT2D eigenvalue weighted by molar-refractivity contribution is 5.85. The minimum absolute atomic E-state index is 0.256. The molecule has 1 atom stereocenters. The molecule has 0 bridgehead atoms. The zero-order chi connectivity index (χ0) is 16.2. The summed E-state index contributed by atoms with van der Waals surface area (Å²) in [7, 11) is 5.70. The Labute approximate surface area is 123 Å². The van der Waals surface area contributed by atoms with Gasteiger partial charge < -0.3 is 24.2 Å². The molecule has 116 valence electrons. The van der Waals surface area contributed by atoms with E-state index in [2.05, 4.69) is 0 Å². The molecule has 0 aliphatic carbocycles. The van der Waals surface area contributed by atoms with Crippen molar-refractivity contribution in [1.82, 2.24) is 4.90 Å². The molecule has 0 saturated carbocycles. The molecule has 1 aromatic rings. The van der Waals surface area contributed by atoms with Gasteiger partial charge in [-0.15, -0.1) is 0 Å². The highest BCUT2D eigenvalue weighted by atomic mass is 16.5. The standard InChI is InChI=1S/C14H19NO6/c1-8(16)15(2)13(14(17)18)12-10(20-4)6-9(19-3)7-11(12)21-5/h6-7,13H,1-5H3,(H,17,18). The van der Waals surface area contributed by atoms with Crippen molar-refractivity contribution in [2.45, 2.75) is 13.0 Å². The van der Waals surface area contributed by atoms with Gasteiger partial charge >= 0.3 is 5.97 Å². The van der Waals surface area contributed by atoms with Crippen LogP contribution >= 0.6 is 0 Å². The summed E-state index contributed by atoms with van der Waals surface area (Å²) >= 11 is 0. The van der Waals surface area contributed by atoms with Gasteiger partial charge in [0, 0.05) is 26.1 Å².